The van der Waals surface area contributed by atoms with Gasteiger partial charge in [-0.3, -0.25) is 4.90 Å². The Balaban J connectivity index is 1.82. The van der Waals surface area contributed by atoms with E-state index in [1.54, 1.807) is 0 Å². The molecule has 1 saturated carbocycles. The van der Waals surface area contributed by atoms with Gasteiger partial charge in [0.05, 0.1) is 0 Å². The lowest BCUT2D eigenvalue weighted by atomic mass is 9.96. The number of anilines is 1. The highest BCUT2D eigenvalue weighted by atomic mass is 15.2. The van der Waals surface area contributed by atoms with Gasteiger partial charge < -0.3 is 10.6 Å². The molecule has 1 aliphatic carbocycles. The lowest BCUT2D eigenvalue weighted by molar-refractivity contribution is 0.203. The first kappa shape index (κ1) is 14.9. The van der Waals surface area contributed by atoms with Crippen molar-refractivity contribution in [2.45, 2.75) is 38.6 Å². The predicted octanol–water partition coefficient (Wildman–Crippen LogP) is 2.80. The fourth-order valence-corrected chi connectivity index (χ4v) is 3.62. The van der Waals surface area contributed by atoms with Gasteiger partial charge in [0.15, 0.2) is 0 Å². The van der Waals surface area contributed by atoms with E-state index in [0.717, 1.165) is 19.0 Å². The molecular formula is C18H29N3. The van der Waals surface area contributed by atoms with Crippen LogP contribution in [0.4, 0.5) is 5.69 Å². The third-order valence-corrected chi connectivity index (χ3v) is 5.10. The number of rotatable bonds is 6. The van der Waals surface area contributed by atoms with E-state index in [9.17, 15) is 0 Å². The van der Waals surface area contributed by atoms with Gasteiger partial charge in [-0.2, -0.15) is 0 Å². The maximum absolute atomic E-state index is 6.13. The number of nitrogens with zero attached hydrogens (tertiary/aromatic N) is 2. The van der Waals surface area contributed by atoms with Gasteiger partial charge >= 0.3 is 0 Å². The summed E-state index contributed by atoms with van der Waals surface area (Å²) in [7, 11) is 2.20. The Bertz CT molecular complexity index is 481. The van der Waals surface area contributed by atoms with Crippen LogP contribution in [0, 0.1) is 5.92 Å². The molecule has 1 aliphatic heterocycles. The molecule has 116 valence electrons. The Labute approximate surface area is 129 Å². The van der Waals surface area contributed by atoms with Crippen molar-refractivity contribution in [1.82, 2.24) is 4.90 Å². The van der Waals surface area contributed by atoms with Crippen LogP contribution >= 0.6 is 0 Å². The Morgan fingerprint density at radius 2 is 2.19 bits per heavy atom. The molecule has 1 atom stereocenters. The fraction of sp³-hybridized carbons (Fsp3) is 0.667. The molecule has 0 radical (unpaired) electrons. The average Bonchev–Trinajstić information content (AvgIpc) is 3.31. The topological polar surface area (TPSA) is 32.5 Å². The van der Waals surface area contributed by atoms with E-state index < -0.39 is 0 Å². The van der Waals surface area contributed by atoms with Crippen LogP contribution < -0.4 is 10.6 Å². The van der Waals surface area contributed by atoms with E-state index in [2.05, 4.69) is 42.0 Å². The highest BCUT2D eigenvalue weighted by Gasteiger charge is 2.28. The number of likely N-dealkylation sites (N-methyl/N-ethyl adjacent to an activating group) is 1. The van der Waals surface area contributed by atoms with Crippen molar-refractivity contribution in [3.8, 4) is 0 Å². The minimum atomic E-state index is 0.383. The van der Waals surface area contributed by atoms with Crippen molar-refractivity contribution < 1.29 is 0 Å². The molecule has 1 fully saturated rings. The molecule has 1 unspecified atom stereocenters. The first-order chi connectivity index (χ1) is 10.2. The molecule has 1 aromatic rings. The summed E-state index contributed by atoms with van der Waals surface area (Å²) in [6, 6.07) is 7.40. The summed E-state index contributed by atoms with van der Waals surface area (Å²) in [6.07, 6.45) is 5.28. The van der Waals surface area contributed by atoms with Crippen LogP contribution in [0.2, 0.25) is 0 Å². The van der Waals surface area contributed by atoms with Crippen LogP contribution in [0.3, 0.4) is 0 Å². The summed E-state index contributed by atoms with van der Waals surface area (Å²) in [5, 5.41) is 0. The minimum absolute atomic E-state index is 0.383. The second kappa shape index (κ2) is 6.37. The summed E-state index contributed by atoms with van der Waals surface area (Å²) < 4.78 is 0. The maximum Gasteiger partial charge on any atom is 0.0470 e. The van der Waals surface area contributed by atoms with Crippen molar-refractivity contribution in [3.05, 3.63) is 29.3 Å². The molecule has 2 aliphatic rings. The molecule has 3 rings (SSSR count). The van der Waals surface area contributed by atoms with Crippen LogP contribution in [0.5, 0.6) is 0 Å². The summed E-state index contributed by atoms with van der Waals surface area (Å²) >= 11 is 0. The third-order valence-electron chi connectivity index (χ3n) is 5.10. The lowest BCUT2D eigenvalue weighted by Crippen LogP contribution is -2.35. The smallest absolute Gasteiger partial charge is 0.0470 e. The van der Waals surface area contributed by atoms with Gasteiger partial charge in [-0.1, -0.05) is 19.1 Å². The average molecular weight is 287 g/mol. The van der Waals surface area contributed by atoms with E-state index >= 15 is 0 Å². The summed E-state index contributed by atoms with van der Waals surface area (Å²) in [5.74, 6) is 0.919. The highest BCUT2D eigenvalue weighted by Crippen LogP contribution is 2.34. The Hall–Kier alpha value is -1.06. The molecule has 0 saturated heterocycles. The number of nitrogens with two attached hydrogens (primary N) is 1. The second-order valence-electron chi connectivity index (χ2n) is 6.70. The Kier molecular flexibility index (Phi) is 4.51. The SMILES string of the molecule is CCN(CC1CC1)C(CN)c1ccc2c(c1)CCCN2C. The molecule has 3 nitrogen and oxygen atoms in total. The summed E-state index contributed by atoms with van der Waals surface area (Å²) in [5.41, 5.74) is 10.5. The van der Waals surface area contributed by atoms with E-state index in [-0.39, 0.29) is 0 Å². The molecule has 0 amide bonds. The van der Waals surface area contributed by atoms with Crippen LogP contribution in [-0.2, 0) is 6.42 Å². The standard InChI is InChI=1S/C18H29N3/c1-3-21(13-14-6-7-14)18(12-19)16-8-9-17-15(11-16)5-4-10-20(17)2/h8-9,11,14,18H,3-7,10,12-13,19H2,1-2H3. The van der Waals surface area contributed by atoms with E-state index in [1.807, 2.05) is 0 Å². The van der Waals surface area contributed by atoms with Crippen LogP contribution in [0.1, 0.15) is 43.4 Å². The molecule has 2 N–H and O–H groups in total. The first-order valence-corrected chi connectivity index (χ1v) is 8.51. The monoisotopic (exact) mass is 287 g/mol. The van der Waals surface area contributed by atoms with Gasteiger partial charge in [0.25, 0.3) is 0 Å². The Morgan fingerprint density at radius 3 is 2.86 bits per heavy atom. The third kappa shape index (κ3) is 3.24. The maximum atomic E-state index is 6.13. The zero-order chi connectivity index (χ0) is 14.8. The number of fused-ring (bicyclic) bond motifs is 1. The Morgan fingerprint density at radius 1 is 1.38 bits per heavy atom. The molecule has 21 heavy (non-hydrogen) atoms. The normalized spacial score (nSPS) is 19.7. The van der Waals surface area contributed by atoms with E-state index in [0.29, 0.717) is 6.04 Å². The fourth-order valence-electron chi connectivity index (χ4n) is 3.62. The van der Waals surface area contributed by atoms with Crippen molar-refractivity contribution in [1.29, 1.82) is 0 Å². The van der Waals surface area contributed by atoms with Gasteiger partial charge in [0, 0.05) is 38.4 Å². The van der Waals surface area contributed by atoms with E-state index in [1.165, 1.54) is 55.6 Å². The van der Waals surface area contributed by atoms with Crippen molar-refractivity contribution in [3.63, 3.8) is 0 Å². The molecule has 1 aromatic carbocycles. The highest BCUT2D eigenvalue weighted by molar-refractivity contribution is 5.56. The van der Waals surface area contributed by atoms with Gasteiger partial charge in [-0.15, -0.1) is 0 Å². The van der Waals surface area contributed by atoms with Gasteiger partial charge in [0.2, 0.25) is 0 Å². The minimum Gasteiger partial charge on any atom is -0.374 e. The quantitative estimate of drug-likeness (QED) is 0.873. The van der Waals surface area contributed by atoms with Crippen LogP contribution in [0.25, 0.3) is 0 Å². The number of aryl methyl sites for hydroxylation is 1. The largest absolute Gasteiger partial charge is 0.374 e. The summed E-state index contributed by atoms with van der Waals surface area (Å²) in [6.45, 7) is 6.46. The molecule has 0 bridgehead atoms. The van der Waals surface area contributed by atoms with Gasteiger partial charge in [-0.05, 0) is 55.3 Å². The van der Waals surface area contributed by atoms with Gasteiger partial charge in [-0.25, -0.2) is 0 Å². The van der Waals surface area contributed by atoms with Gasteiger partial charge in [0.1, 0.15) is 0 Å². The lowest BCUT2D eigenvalue weighted by Gasteiger charge is -2.33. The van der Waals surface area contributed by atoms with Crippen molar-refractivity contribution >= 4 is 5.69 Å². The number of hydrogen-bond donors (Lipinski definition) is 1. The van der Waals surface area contributed by atoms with Crippen LogP contribution in [0.15, 0.2) is 18.2 Å². The van der Waals surface area contributed by atoms with Crippen LogP contribution in [-0.4, -0.2) is 38.1 Å². The number of benzene rings is 1. The zero-order valence-corrected chi connectivity index (χ0v) is 13.5. The molecular weight excluding hydrogens is 258 g/mol. The van der Waals surface area contributed by atoms with Crippen molar-refractivity contribution in [2.24, 2.45) is 11.7 Å². The first-order valence-electron chi connectivity index (χ1n) is 8.51. The van der Waals surface area contributed by atoms with E-state index in [4.69, 9.17) is 5.73 Å². The summed E-state index contributed by atoms with van der Waals surface area (Å²) in [4.78, 5) is 4.95. The zero-order valence-electron chi connectivity index (χ0n) is 13.5. The molecule has 3 heteroatoms. The predicted molar refractivity (Wildman–Crippen MR) is 89.8 cm³/mol. The van der Waals surface area contributed by atoms with Crippen molar-refractivity contribution in [2.75, 3.05) is 38.1 Å². The molecule has 0 spiro atoms. The number of hydrogen-bond acceptors (Lipinski definition) is 3. The molecule has 1 heterocycles. The second-order valence-corrected chi connectivity index (χ2v) is 6.70. The molecule has 0 aromatic heterocycles.